The molecule has 1 fully saturated rings. The molecule has 4 unspecified atom stereocenters. The van der Waals surface area contributed by atoms with Crippen LogP contribution in [0.25, 0.3) is 0 Å². The van der Waals surface area contributed by atoms with Gasteiger partial charge in [-0.15, -0.1) is 6.58 Å². The summed E-state index contributed by atoms with van der Waals surface area (Å²) in [6.07, 6.45) is 5.11. The van der Waals surface area contributed by atoms with E-state index >= 15 is 0 Å². The Morgan fingerprint density at radius 2 is 2.29 bits per heavy atom. The Labute approximate surface area is 82.3 Å². The smallest absolute Gasteiger partial charge is 0.311 e. The Balaban J connectivity index is 2.10. The Morgan fingerprint density at radius 3 is 2.93 bits per heavy atom. The summed E-state index contributed by atoms with van der Waals surface area (Å²) in [5, 5.41) is 12.1. The molecule has 0 radical (unpaired) electrons. The summed E-state index contributed by atoms with van der Waals surface area (Å²) < 4.78 is 5.47. The summed E-state index contributed by atoms with van der Waals surface area (Å²) in [6.45, 7) is 4.19. The predicted octanol–water partition coefficient (Wildman–Crippen LogP) is 0.169. The number of rotatable bonds is 4. The molecule has 0 amide bonds. The summed E-state index contributed by atoms with van der Waals surface area (Å²) in [6, 6.07) is -0.125. The van der Waals surface area contributed by atoms with Gasteiger partial charge in [-0.1, -0.05) is 18.2 Å². The van der Waals surface area contributed by atoms with Gasteiger partial charge in [0.1, 0.15) is 5.92 Å². The van der Waals surface area contributed by atoms with Crippen LogP contribution in [0, 0.1) is 5.92 Å². The first kappa shape index (κ1) is 9.43. The minimum absolute atomic E-state index is 0.0963. The van der Waals surface area contributed by atoms with Gasteiger partial charge < -0.3 is 15.2 Å². The Kier molecular flexibility index (Phi) is 2.39. The number of carboxylic acid groups (broad SMARTS) is 1. The second kappa shape index (κ2) is 3.55. The summed E-state index contributed by atoms with van der Waals surface area (Å²) in [4.78, 5) is 11.0. The zero-order valence-corrected chi connectivity index (χ0v) is 7.72. The van der Waals surface area contributed by atoms with Crippen LogP contribution < -0.4 is 5.32 Å². The number of hydrogen-bond acceptors (Lipinski definition) is 3. The van der Waals surface area contributed by atoms with Crippen LogP contribution in [0.15, 0.2) is 24.8 Å². The molecule has 76 valence electrons. The van der Waals surface area contributed by atoms with Gasteiger partial charge in [-0.2, -0.15) is 0 Å². The van der Waals surface area contributed by atoms with E-state index in [1.165, 1.54) is 0 Å². The highest BCUT2D eigenvalue weighted by Crippen LogP contribution is 2.34. The molecule has 2 aliphatic rings. The molecule has 2 bridgehead atoms. The lowest BCUT2D eigenvalue weighted by atomic mass is 9.89. The third-order valence-electron chi connectivity index (χ3n) is 2.68. The molecule has 0 aliphatic carbocycles. The molecule has 0 aromatic rings. The maximum absolute atomic E-state index is 11.0. The number of ether oxygens (including phenoxy) is 1. The first-order valence-electron chi connectivity index (χ1n) is 4.65. The van der Waals surface area contributed by atoms with Crippen LogP contribution in [0.1, 0.15) is 0 Å². The zero-order chi connectivity index (χ0) is 10.1. The van der Waals surface area contributed by atoms with E-state index in [-0.39, 0.29) is 18.2 Å². The summed E-state index contributed by atoms with van der Waals surface area (Å²) in [7, 11) is 0. The van der Waals surface area contributed by atoms with Crippen molar-refractivity contribution in [3.05, 3.63) is 24.8 Å². The number of carboxylic acids is 1. The molecule has 4 nitrogen and oxygen atoms in total. The van der Waals surface area contributed by atoms with E-state index in [4.69, 9.17) is 9.84 Å². The fraction of sp³-hybridized carbons (Fsp3) is 0.500. The van der Waals surface area contributed by atoms with Crippen molar-refractivity contribution < 1.29 is 14.6 Å². The van der Waals surface area contributed by atoms with Gasteiger partial charge in [-0.3, -0.25) is 4.79 Å². The maximum Gasteiger partial charge on any atom is 0.311 e. The molecule has 2 heterocycles. The van der Waals surface area contributed by atoms with E-state index in [1.807, 2.05) is 12.2 Å². The van der Waals surface area contributed by atoms with Crippen molar-refractivity contribution in [2.75, 3.05) is 6.54 Å². The average molecular weight is 195 g/mol. The standard InChI is InChI=1S/C10H13NO3/c1-2-5-11-9-7-4-3-6(14-7)8(9)10(12)13/h2-4,6-9,11H,1,5H2,(H,12,13). The first-order chi connectivity index (χ1) is 6.74. The molecule has 1 saturated heterocycles. The van der Waals surface area contributed by atoms with E-state index < -0.39 is 11.9 Å². The lowest BCUT2D eigenvalue weighted by Crippen LogP contribution is -2.45. The minimum Gasteiger partial charge on any atom is -0.481 e. The second-order valence-electron chi connectivity index (χ2n) is 3.54. The molecule has 0 aromatic carbocycles. The van der Waals surface area contributed by atoms with Crippen molar-refractivity contribution >= 4 is 5.97 Å². The fourth-order valence-corrected chi connectivity index (χ4v) is 2.07. The highest BCUT2D eigenvalue weighted by molar-refractivity contribution is 5.73. The lowest BCUT2D eigenvalue weighted by molar-refractivity contribution is -0.143. The third kappa shape index (κ3) is 1.36. The van der Waals surface area contributed by atoms with E-state index in [9.17, 15) is 4.79 Å². The zero-order valence-electron chi connectivity index (χ0n) is 7.72. The lowest BCUT2D eigenvalue weighted by Gasteiger charge is -2.22. The van der Waals surface area contributed by atoms with Crippen molar-refractivity contribution in [2.24, 2.45) is 5.92 Å². The van der Waals surface area contributed by atoms with Crippen LogP contribution in [-0.4, -0.2) is 35.9 Å². The van der Waals surface area contributed by atoms with Crippen molar-refractivity contribution in [3.63, 3.8) is 0 Å². The number of nitrogens with one attached hydrogen (secondary N) is 1. The van der Waals surface area contributed by atoms with Gasteiger partial charge in [0.05, 0.1) is 18.2 Å². The van der Waals surface area contributed by atoms with Crippen LogP contribution in [0.5, 0.6) is 0 Å². The fourth-order valence-electron chi connectivity index (χ4n) is 2.07. The highest BCUT2D eigenvalue weighted by atomic mass is 16.5. The van der Waals surface area contributed by atoms with Gasteiger partial charge in [0.15, 0.2) is 0 Å². The summed E-state index contributed by atoms with van der Waals surface area (Å²) >= 11 is 0. The third-order valence-corrected chi connectivity index (χ3v) is 2.68. The first-order valence-corrected chi connectivity index (χ1v) is 4.65. The topological polar surface area (TPSA) is 58.6 Å². The summed E-state index contributed by atoms with van der Waals surface area (Å²) in [5.41, 5.74) is 0. The molecule has 0 aromatic heterocycles. The molecule has 2 N–H and O–H groups in total. The molecular formula is C10H13NO3. The molecule has 4 heteroatoms. The molecule has 0 spiro atoms. The summed E-state index contributed by atoms with van der Waals surface area (Å²) in [5.74, 6) is -1.27. The van der Waals surface area contributed by atoms with Crippen molar-refractivity contribution in [2.45, 2.75) is 18.2 Å². The molecule has 14 heavy (non-hydrogen) atoms. The van der Waals surface area contributed by atoms with Gasteiger partial charge in [-0.05, 0) is 0 Å². The van der Waals surface area contributed by atoms with Gasteiger partial charge >= 0.3 is 5.97 Å². The quantitative estimate of drug-likeness (QED) is 0.628. The van der Waals surface area contributed by atoms with Gasteiger partial charge in [0, 0.05) is 6.54 Å². The number of aliphatic carboxylic acids is 1. The molecular weight excluding hydrogens is 182 g/mol. The van der Waals surface area contributed by atoms with E-state index in [0.29, 0.717) is 6.54 Å². The molecule has 4 atom stereocenters. The highest BCUT2D eigenvalue weighted by Gasteiger charge is 2.49. The molecule has 2 rings (SSSR count). The van der Waals surface area contributed by atoms with Crippen LogP contribution in [-0.2, 0) is 9.53 Å². The van der Waals surface area contributed by atoms with E-state index in [0.717, 1.165) is 0 Å². The van der Waals surface area contributed by atoms with Crippen molar-refractivity contribution in [1.82, 2.24) is 5.32 Å². The van der Waals surface area contributed by atoms with Crippen LogP contribution >= 0.6 is 0 Å². The average Bonchev–Trinajstić information content (AvgIpc) is 2.72. The molecule has 2 aliphatic heterocycles. The van der Waals surface area contributed by atoms with Crippen LogP contribution in [0.2, 0.25) is 0 Å². The van der Waals surface area contributed by atoms with Crippen LogP contribution in [0.3, 0.4) is 0 Å². The number of carbonyl (C=O) groups is 1. The predicted molar refractivity (Wildman–Crippen MR) is 50.9 cm³/mol. The monoisotopic (exact) mass is 195 g/mol. The number of fused-ring (bicyclic) bond motifs is 2. The maximum atomic E-state index is 11.0. The Morgan fingerprint density at radius 1 is 1.57 bits per heavy atom. The largest absolute Gasteiger partial charge is 0.481 e. The van der Waals surface area contributed by atoms with Gasteiger partial charge in [-0.25, -0.2) is 0 Å². The van der Waals surface area contributed by atoms with Crippen molar-refractivity contribution in [3.8, 4) is 0 Å². The Hall–Kier alpha value is -1.13. The molecule has 0 saturated carbocycles. The van der Waals surface area contributed by atoms with Gasteiger partial charge in [0.2, 0.25) is 0 Å². The SMILES string of the molecule is C=CCNC1C2C=CC(O2)C1C(=O)O. The van der Waals surface area contributed by atoms with Crippen LogP contribution in [0.4, 0.5) is 0 Å². The van der Waals surface area contributed by atoms with E-state index in [1.54, 1.807) is 6.08 Å². The number of hydrogen-bond donors (Lipinski definition) is 2. The second-order valence-corrected chi connectivity index (χ2v) is 3.54. The van der Waals surface area contributed by atoms with E-state index in [2.05, 4.69) is 11.9 Å². The normalized spacial score (nSPS) is 38.9. The minimum atomic E-state index is -0.802. The Bertz CT molecular complexity index is 287. The van der Waals surface area contributed by atoms with Crippen molar-refractivity contribution in [1.29, 1.82) is 0 Å². The van der Waals surface area contributed by atoms with Gasteiger partial charge in [0.25, 0.3) is 0 Å².